The number of rotatable bonds is 8. The van der Waals surface area contributed by atoms with Crippen LogP contribution in [0.1, 0.15) is 48.9 Å². The highest BCUT2D eigenvalue weighted by molar-refractivity contribution is 5.97. The van der Waals surface area contributed by atoms with E-state index in [-0.39, 0.29) is 18.4 Å². The van der Waals surface area contributed by atoms with Crippen LogP contribution in [0.2, 0.25) is 0 Å². The lowest BCUT2D eigenvalue weighted by Gasteiger charge is -2.23. The third kappa shape index (κ3) is 5.68. The maximum absolute atomic E-state index is 12.3. The molecule has 2 amide bonds. The maximum atomic E-state index is 12.3. The van der Waals surface area contributed by atoms with Crippen molar-refractivity contribution in [1.29, 1.82) is 0 Å². The van der Waals surface area contributed by atoms with E-state index in [0.29, 0.717) is 22.8 Å². The number of nitrogens with one attached hydrogen (secondary N) is 3. The van der Waals surface area contributed by atoms with Crippen molar-refractivity contribution < 1.29 is 19.1 Å². The Bertz CT molecular complexity index is 654. The molecule has 1 aliphatic rings. The molecule has 2 rings (SSSR count). The highest BCUT2D eigenvalue weighted by Gasteiger charge is 2.17. The van der Waals surface area contributed by atoms with E-state index in [1.165, 1.54) is 13.5 Å². The summed E-state index contributed by atoms with van der Waals surface area (Å²) < 4.78 is 10.3. The molecule has 0 spiro atoms. The van der Waals surface area contributed by atoms with Crippen LogP contribution in [0.5, 0.6) is 11.5 Å². The molecule has 142 valence electrons. The third-order valence-electron chi connectivity index (χ3n) is 4.35. The lowest BCUT2D eigenvalue weighted by atomic mass is 9.95. The van der Waals surface area contributed by atoms with Crippen LogP contribution in [-0.4, -0.2) is 32.1 Å². The van der Waals surface area contributed by atoms with Crippen molar-refractivity contribution in [1.82, 2.24) is 16.2 Å². The molecule has 7 nitrogen and oxygen atoms in total. The van der Waals surface area contributed by atoms with Crippen LogP contribution in [0.4, 0.5) is 0 Å². The minimum atomic E-state index is -0.390. The Morgan fingerprint density at radius 3 is 2.50 bits per heavy atom. The summed E-state index contributed by atoms with van der Waals surface area (Å²) >= 11 is 0. The molecule has 1 saturated carbocycles. The van der Waals surface area contributed by atoms with Crippen LogP contribution in [0.3, 0.4) is 0 Å². The standard InChI is InChI=1S/C19H27N3O4/c1-13(11-18(23)20-14-7-5-4-6-8-14)21-22-19(24)16-10-9-15(25-2)12-17(16)26-3/h9-10,12,14,21H,1,4-8,11H2,2-3H3,(H,20,23)(H,22,24). The van der Waals surface area contributed by atoms with Gasteiger partial charge < -0.3 is 20.2 Å². The summed E-state index contributed by atoms with van der Waals surface area (Å²) in [5.74, 6) is 0.503. The monoisotopic (exact) mass is 361 g/mol. The molecule has 0 unspecified atom stereocenters. The van der Waals surface area contributed by atoms with Crippen LogP contribution in [0.25, 0.3) is 0 Å². The quantitative estimate of drug-likeness (QED) is 0.618. The predicted octanol–water partition coefficient (Wildman–Crippen LogP) is 2.29. The Kier molecular flexibility index (Phi) is 7.32. The fourth-order valence-electron chi connectivity index (χ4n) is 2.96. The summed E-state index contributed by atoms with van der Waals surface area (Å²) in [6.45, 7) is 3.79. The second-order valence-corrected chi connectivity index (χ2v) is 6.33. The molecule has 0 bridgehead atoms. The zero-order chi connectivity index (χ0) is 18.9. The average molecular weight is 361 g/mol. The summed E-state index contributed by atoms with van der Waals surface area (Å²) in [5.41, 5.74) is 5.98. The van der Waals surface area contributed by atoms with Crippen molar-refractivity contribution in [2.24, 2.45) is 0 Å². The van der Waals surface area contributed by atoms with Gasteiger partial charge in [-0.3, -0.25) is 15.0 Å². The topological polar surface area (TPSA) is 88.7 Å². The summed E-state index contributed by atoms with van der Waals surface area (Å²) in [4.78, 5) is 24.3. The van der Waals surface area contributed by atoms with Gasteiger partial charge in [0.05, 0.1) is 26.2 Å². The van der Waals surface area contributed by atoms with E-state index in [9.17, 15) is 9.59 Å². The molecule has 3 N–H and O–H groups in total. The molecular formula is C19H27N3O4. The number of benzene rings is 1. The predicted molar refractivity (Wildman–Crippen MR) is 98.9 cm³/mol. The van der Waals surface area contributed by atoms with Crippen molar-refractivity contribution in [3.63, 3.8) is 0 Å². The van der Waals surface area contributed by atoms with E-state index >= 15 is 0 Å². The average Bonchev–Trinajstić information content (AvgIpc) is 2.66. The highest BCUT2D eigenvalue weighted by atomic mass is 16.5. The minimum absolute atomic E-state index is 0.0920. The normalized spacial score (nSPS) is 14.2. The summed E-state index contributed by atoms with van der Waals surface area (Å²) in [6, 6.07) is 5.15. The van der Waals surface area contributed by atoms with Gasteiger partial charge in [0.2, 0.25) is 5.91 Å². The fraction of sp³-hybridized carbons (Fsp3) is 0.474. The van der Waals surface area contributed by atoms with Crippen molar-refractivity contribution in [2.45, 2.75) is 44.6 Å². The number of carbonyl (C=O) groups is 2. The Labute approximate surface area is 154 Å². The second kappa shape index (κ2) is 9.70. The number of amides is 2. The van der Waals surface area contributed by atoms with Crippen LogP contribution in [0.15, 0.2) is 30.5 Å². The van der Waals surface area contributed by atoms with Gasteiger partial charge in [0.15, 0.2) is 0 Å². The second-order valence-electron chi connectivity index (χ2n) is 6.33. The first kappa shape index (κ1) is 19.6. The number of hydrogen-bond acceptors (Lipinski definition) is 5. The van der Waals surface area contributed by atoms with Gasteiger partial charge in [-0.15, -0.1) is 0 Å². The van der Waals surface area contributed by atoms with Crippen molar-refractivity contribution in [3.8, 4) is 11.5 Å². The maximum Gasteiger partial charge on any atom is 0.273 e. The molecule has 1 aliphatic carbocycles. The SMILES string of the molecule is C=C(CC(=O)NC1CCCCC1)NNC(=O)c1ccc(OC)cc1OC. The van der Waals surface area contributed by atoms with E-state index in [1.807, 2.05) is 0 Å². The zero-order valence-corrected chi connectivity index (χ0v) is 15.4. The molecule has 0 radical (unpaired) electrons. The van der Waals surface area contributed by atoms with Gasteiger partial charge >= 0.3 is 0 Å². The Balaban J connectivity index is 1.81. The smallest absolute Gasteiger partial charge is 0.273 e. The first-order valence-electron chi connectivity index (χ1n) is 8.79. The molecular weight excluding hydrogens is 334 g/mol. The number of hydrazine groups is 1. The Morgan fingerprint density at radius 2 is 1.85 bits per heavy atom. The summed E-state index contributed by atoms with van der Waals surface area (Å²) in [5, 5.41) is 3.01. The van der Waals surface area contributed by atoms with Crippen molar-refractivity contribution >= 4 is 11.8 Å². The third-order valence-corrected chi connectivity index (χ3v) is 4.35. The minimum Gasteiger partial charge on any atom is -0.497 e. The van der Waals surface area contributed by atoms with Gasteiger partial charge in [-0.1, -0.05) is 25.8 Å². The Morgan fingerprint density at radius 1 is 1.12 bits per heavy atom. The Hall–Kier alpha value is -2.70. The molecule has 7 heteroatoms. The first-order chi connectivity index (χ1) is 12.5. The molecule has 26 heavy (non-hydrogen) atoms. The number of carbonyl (C=O) groups excluding carboxylic acids is 2. The molecule has 0 aromatic heterocycles. The van der Waals surface area contributed by atoms with E-state index in [1.54, 1.807) is 25.3 Å². The van der Waals surface area contributed by atoms with E-state index in [2.05, 4.69) is 22.7 Å². The molecule has 1 aromatic rings. The fourth-order valence-corrected chi connectivity index (χ4v) is 2.96. The first-order valence-corrected chi connectivity index (χ1v) is 8.79. The summed E-state index contributed by atoms with van der Waals surface area (Å²) in [6.07, 6.45) is 5.71. The van der Waals surface area contributed by atoms with Gasteiger partial charge in [0, 0.05) is 17.8 Å². The lowest BCUT2D eigenvalue weighted by molar-refractivity contribution is -0.121. The summed E-state index contributed by atoms with van der Waals surface area (Å²) in [7, 11) is 3.02. The largest absolute Gasteiger partial charge is 0.497 e. The number of ether oxygens (including phenoxy) is 2. The van der Waals surface area contributed by atoms with Gasteiger partial charge in [0.25, 0.3) is 5.91 Å². The molecule has 0 atom stereocenters. The highest BCUT2D eigenvalue weighted by Crippen LogP contribution is 2.24. The number of methoxy groups -OCH3 is 2. The van der Waals surface area contributed by atoms with Crippen LogP contribution in [-0.2, 0) is 4.79 Å². The van der Waals surface area contributed by atoms with Crippen molar-refractivity contribution in [2.75, 3.05) is 14.2 Å². The molecule has 0 saturated heterocycles. The van der Waals surface area contributed by atoms with E-state index in [0.717, 1.165) is 25.7 Å². The van der Waals surface area contributed by atoms with Gasteiger partial charge in [-0.2, -0.15) is 0 Å². The van der Waals surface area contributed by atoms with Crippen molar-refractivity contribution in [3.05, 3.63) is 36.0 Å². The molecule has 0 aliphatic heterocycles. The van der Waals surface area contributed by atoms with Gasteiger partial charge in [-0.05, 0) is 25.0 Å². The molecule has 0 heterocycles. The van der Waals surface area contributed by atoms with E-state index < -0.39 is 5.91 Å². The van der Waals surface area contributed by atoms with Crippen LogP contribution >= 0.6 is 0 Å². The van der Waals surface area contributed by atoms with Crippen LogP contribution in [0, 0.1) is 0 Å². The molecule has 1 aromatic carbocycles. The van der Waals surface area contributed by atoms with Crippen LogP contribution < -0.4 is 25.6 Å². The lowest BCUT2D eigenvalue weighted by Crippen LogP contribution is -2.40. The number of hydrogen-bond donors (Lipinski definition) is 3. The molecule has 1 fully saturated rings. The van der Waals surface area contributed by atoms with Gasteiger partial charge in [0.1, 0.15) is 11.5 Å². The zero-order valence-electron chi connectivity index (χ0n) is 15.4. The van der Waals surface area contributed by atoms with E-state index in [4.69, 9.17) is 9.47 Å². The van der Waals surface area contributed by atoms with Gasteiger partial charge in [-0.25, -0.2) is 0 Å².